The number of carbonyl (C=O) groups excluding carboxylic acids is 1. The van der Waals surface area contributed by atoms with Crippen LogP contribution >= 0.6 is 11.6 Å². The Morgan fingerprint density at radius 1 is 1.07 bits per heavy atom. The highest BCUT2D eigenvalue weighted by molar-refractivity contribution is 7.90. The number of benzene rings is 3. The van der Waals surface area contributed by atoms with E-state index in [9.17, 15) is 23.3 Å². The number of amides is 1. The minimum absolute atomic E-state index is 0.0196. The molecule has 1 amide bonds. The van der Waals surface area contributed by atoms with Gasteiger partial charge in [0.2, 0.25) is 0 Å². The third-order valence-electron chi connectivity index (χ3n) is 12.0. The molecule has 0 radical (unpaired) electrons. The predicted octanol–water partition coefficient (Wildman–Crippen LogP) is 8.78. The fraction of sp³-hybridized carbons (Fsp3) is 0.356. The topological polar surface area (TPSA) is 187 Å². The molecule has 0 atom stereocenters. The zero-order valence-corrected chi connectivity index (χ0v) is 35.6. The molecule has 0 spiro atoms. The van der Waals surface area contributed by atoms with Crippen molar-refractivity contribution in [3.05, 3.63) is 117 Å². The Morgan fingerprint density at radius 2 is 1.84 bits per heavy atom. The third-order valence-corrected chi connectivity index (χ3v) is 13.6. The summed E-state index contributed by atoms with van der Waals surface area (Å²) < 4.78 is 35.7. The van der Waals surface area contributed by atoms with Crippen LogP contribution in [-0.4, -0.2) is 73.4 Å². The number of sulfonamides is 1. The average Bonchev–Trinajstić information content (AvgIpc) is 3.69. The highest BCUT2D eigenvalue weighted by atomic mass is 35.5. The molecule has 2 aliphatic carbocycles. The molecule has 16 heteroatoms. The highest BCUT2D eigenvalue weighted by Crippen LogP contribution is 2.44. The van der Waals surface area contributed by atoms with Crippen molar-refractivity contribution in [2.45, 2.75) is 50.8 Å². The van der Waals surface area contributed by atoms with Gasteiger partial charge in [0.05, 0.1) is 27.6 Å². The van der Waals surface area contributed by atoms with Crippen LogP contribution in [0.1, 0.15) is 61.9 Å². The number of anilines is 2. The number of H-pyrrole nitrogens is 1. The first-order valence-corrected chi connectivity index (χ1v) is 22.3. The number of hydrogen-bond acceptors (Lipinski definition) is 11. The summed E-state index contributed by atoms with van der Waals surface area (Å²) in [4.78, 5) is 36.9. The maximum Gasteiger partial charge on any atom is 0.293 e. The molecule has 3 aliphatic rings. The minimum atomic E-state index is -4.57. The lowest BCUT2D eigenvalue weighted by atomic mass is 9.72. The number of aromatic nitrogens is 2. The molecule has 61 heavy (non-hydrogen) atoms. The second kappa shape index (κ2) is 17.2. The lowest BCUT2D eigenvalue weighted by Gasteiger charge is -2.39. The van der Waals surface area contributed by atoms with E-state index in [0.29, 0.717) is 30.8 Å². The number of rotatable bonds is 13. The molecule has 3 heterocycles. The standard InChI is InChI=1S/C45H47ClN8O6S/c1-45(2)13-11-33(39(24-45)31-3-5-34(46)6-4-31)28-52-15-17-53(18-16-52)35-7-9-38(42(22-35)60-36-21-32-12-14-48-43(32)50-27-36)44(55)51-61(58,59)37-8-10-40(41(23-37)54(56)57)49-26-30-19-29(20-30)25-47/h3-10,12,14,21-23,27,29-30,49H,11,13,15-20,24,26,28H2,1-2H3,(H,48,50)(H,51,55)/t29-,30+. The SMILES string of the molecule is CC1(C)CCC(CN2CCN(c3ccc(C(=O)NS(=O)(=O)c4ccc(NC[C@H]5C[C@@H](C#N)C5)c([N+](=O)[O-])c4)c(Oc4cnc5[nH]ccc5c4)c3)CC2)=C(c2ccc(Cl)cc2)C1. The van der Waals surface area contributed by atoms with Crippen LogP contribution in [0.15, 0.2) is 95.7 Å². The van der Waals surface area contributed by atoms with Gasteiger partial charge in [-0.05, 0) is 103 Å². The number of nitrogens with one attached hydrogen (secondary N) is 3. The van der Waals surface area contributed by atoms with Crippen molar-refractivity contribution in [3.63, 3.8) is 0 Å². The maximum absolute atomic E-state index is 13.9. The molecule has 14 nitrogen and oxygen atoms in total. The highest BCUT2D eigenvalue weighted by Gasteiger charge is 2.32. The van der Waals surface area contributed by atoms with E-state index in [0.717, 1.165) is 74.1 Å². The summed E-state index contributed by atoms with van der Waals surface area (Å²) in [5, 5.41) is 25.6. The maximum atomic E-state index is 13.9. The molecule has 2 fully saturated rings. The van der Waals surface area contributed by atoms with Crippen LogP contribution in [0.25, 0.3) is 16.6 Å². The van der Waals surface area contributed by atoms with E-state index in [1.165, 1.54) is 41.1 Å². The zero-order valence-electron chi connectivity index (χ0n) is 34.0. The zero-order chi connectivity index (χ0) is 42.9. The van der Waals surface area contributed by atoms with Gasteiger partial charge in [0, 0.05) is 79.6 Å². The largest absolute Gasteiger partial charge is 0.455 e. The van der Waals surface area contributed by atoms with Gasteiger partial charge in [0.1, 0.15) is 22.8 Å². The van der Waals surface area contributed by atoms with E-state index in [1.54, 1.807) is 24.4 Å². The van der Waals surface area contributed by atoms with Crippen molar-refractivity contribution in [1.82, 2.24) is 19.6 Å². The van der Waals surface area contributed by atoms with Crippen molar-refractivity contribution in [3.8, 4) is 17.6 Å². The number of piperazine rings is 1. The van der Waals surface area contributed by atoms with Crippen LogP contribution in [0.5, 0.6) is 11.5 Å². The smallest absolute Gasteiger partial charge is 0.293 e. The molecule has 316 valence electrons. The summed E-state index contributed by atoms with van der Waals surface area (Å²) in [6, 6.07) is 22.5. The van der Waals surface area contributed by atoms with Gasteiger partial charge in [-0.3, -0.25) is 19.8 Å². The number of halogens is 1. The second-order valence-corrected chi connectivity index (χ2v) is 19.1. The number of ether oxygens (including phenoxy) is 1. The lowest BCUT2D eigenvalue weighted by molar-refractivity contribution is -0.384. The summed E-state index contributed by atoms with van der Waals surface area (Å²) in [5.41, 5.74) is 5.42. The summed E-state index contributed by atoms with van der Waals surface area (Å²) in [6.45, 7) is 9.01. The summed E-state index contributed by atoms with van der Waals surface area (Å²) in [5.74, 6) is -0.340. The monoisotopic (exact) mass is 862 g/mol. The van der Waals surface area contributed by atoms with Gasteiger partial charge >= 0.3 is 0 Å². The number of aromatic amines is 1. The fourth-order valence-corrected chi connectivity index (χ4v) is 9.57. The second-order valence-electron chi connectivity index (χ2n) is 17.0. The number of nitro benzene ring substituents is 1. The first-order chi connectivity index (χ1) is 29.2. The number of nitrogens with zero attached hydrogens (tertiary/aromatic N) is 5. The number of allylic oxidation sites excluding steroid dienone is 1. The molecule has 5 aromatic rings. The number of carbonyl (C=O) groups is 1. The Morgan fingerprint density at radius 3 is 2.57 bits per heavy atom. The number of nitro groups is 1. The molecule has 3 N–H and O–H groups in total. The van der Waals surface area contributed by atoms with Gasteiger partial charge in [0.15, 0.2) is 0 Å². The van der Waals surface area contributed by atoms with Crippen LogP contribution in [0.3, 0.4) is 0 Å². The van der Waals surface area contributed by atoms with Crippen molar-refractivity contribution in [1.29, 1.82) is 5.26 Å². The van der Waals surface area contributed by atoms with Crippen molar-refractivity contribution >= 4 is 61.2 Å². The number of hydrogen-bond donors (Lipinski definition) is 3. The summed E-state index contributed by atoms with van der Waals surface area (Å²) >= 11 is 6.23. The van der Waals surface area contributed by atoms with Crippen LogP contribution in [0.2, 0.25) is 5.02 Å². The summed E-state index contributed by atoms with van der Waals surface area (Å²) in [7, 11) is -4.57. The number of fused-ring (bicyclic) bond motifs is 1. The van der Waals surface area contributed by atoms with Gasteiger partial charge in [-0.25, -0.2) is 18.1 Å². The normalized spacial score (nSPS) is 19.2. The molecular weight excluding hydrogens is 816 g/mol. The van der Waals surface area contributed by atoms with E-state index in [2.05, 4.69) is 61.9 Å². The average molecular weight is 863 g/mol. The first kappa shape index (κ1) is 41.8. The molecule has 3 aromatic carbocycles. The van der Waals surface area contributed by atoms with Gasteiger partial charge in [-0.2, -0.15) is 5.26 Å². The lowest BCUT2D eigenvalue weighted by Crippen LogP contribution is -2.47. The first-order valence-electron chi connectivity index (χ1n) is 20.4. The van der Waals surface area contributed by atoms with E-state index in [1.807, 2.05) is 18.2 Å². The number of pyridine rings is 1. The predicted molar refractivity (Wildman–Crippen MR) is 235 cm³/mol. The molecule has 0 unspecified atom stereocenters. The molecule has 1 saturated heterocycles. The molecule has 1 saturated carbocycles. The van der Waals surface area contributed by atoms with E-state index >= 15 is 0 Å². The van der Waals surface area contributed by atoms with E-state index < -0.39 is 31.4 Å². The minimum Gasteiger partial charge on any atom is -0.455 e. The Labute approximate surface area is 359 Å². The summed E-state index contributed by atoms with van der Waals surface area (Å²) in [6.07, 6.45) is 7.84. The number of nitriles is 1. The molecule has 2 aromatic heterocycles. The molecule has 8 rings (SSSR count). The molecule has 1 aliphatic heterocycles. The van der Waals surface area contributed by atoms with E-state index in [-0.39, 0.29) is 34.3 Å². The van der Waals surface area contributed by atoms with Crippen LogP contribution in [-0.2, 0) is 10.0 Å². The van der Waals surface area contributed by atoms with Crippen LogP contribution < -0.4 is 19.7 Å². The van der Waals surface area contributed by atoms with Crippen LogP contribution in [0.4, 0.5) is 17.1 Å². The Balaban J connectivity index is 1.00. The molecule has 0 bridgehead atoms. The fourth-order valence-electron chi connectivity index (χ4n) is 8.46. The van der Waals surface area contributed by atoms with Gasteiger partial charge in [-0.15, -0.1) is 0 Å². The quantitative estimate of drug-likeness (QED) is 0.0759. The Hall–Kier alpha value is -5.95. The van der Waals surface area contributed by atoms with Gasteiger partial charge < -0.3 is 19.9 Å². The van der Waals surface area contributed by atoms with Gasteiger partial charge in [-0.1, -0.05) is 43.2 Å². The van der Waals surface area contributed by atoms with Crippen molar-refractivity contribution in [2.24, 2.45) is 17.3 Å². The van der Waals surface area contributed by atoms with Crippen molar-refractivity contribution < 1.29 is 22.9 Å². The molecular formula is C45H47ClN8O6S. The van der Waals surface area contributed by atoms with Gasteiger partial charge in [0.25, 0.3) is 21.6 Å². The Bertz CT molecular complexity index is 2660. The third kappa shape index (κ3) is 9.52. The van der Waals surface area contributed by atoms with Crippen LogP contribution in [0, 0.1) is 38.7 Å². The van der Waals surface area contributed by atoms with E-state index in [4.69, 9.17) is 21.6 Å². The van der Waals surface area contributed by atoms with Crippen molar-refractivity contribution in [2.75, 3.05) is 49.5 Å². The Kier molecular flexibility index (Phi) is 11.8.